The molecule has 1 aliphatic rings. The van der Waals surface area contributed by atoms with Crippen LogP contribution in [0.25, 0.3) is 0 Å². The average molecular weight is 468 g/mol. The Morgan fingerprint density at radius 3 is 2.77 bits per heavy atom. The standard InChI is InChI=1S/C22H23ClFNO5S/c1-3-29-22(28)20-13-8-7-12(2)9-17(13)31-21(20)25-18(26)11-30-19(27)10-14-15(23)5-4-6-16(14)24/h4-6,12H,3,7-11H2,1-2H3,(H,25,26)/t12-/m0/s1. The third-order valence-corrected chi connectivity index (χ3v) is 6.52. The van der Waals surface area contributed by atoms with E-state index in [4.69, 9.17) is 21.1 Å². The zero-order valence-corrected chi connectivity index (χ0v) is 18.8. The minimum Gasteiger partial charge on any atom is -0.462 e. The van der Waals surface area contributed by atoms with E-state index in [1.807, 2.05) is 0 Å². The summed E-state index contributed by atoms with van der Waals surface area (Å²) in [7, 11) is 0. The number of carbonyl (C=O) groups excluding carboxylic acids is 3. The highest BCUT2D eigenvalue weighted by Crippen LogP contribution is 2.40. The molecule has 1 aromatic heterocycles. The molecule has 31 heavy (non-hydrogen) atoms. The van der Waals surface area contributed by atoms with E-state index < -0.39 is 36.7 Å². The van der Waals surface area contributed by atoms with Crippen LogP contribution in [0.5, 0.6) is 0 Å². The summed E-state index contributed by atoms with van der Waals surface area (Å²) >= 11 is 7.26. The number of fused-ring (bicyclic) bond motifs is 1. The van der Waals surface area contributed by atoms with Crippen LogP contribution in [-0.2, 0) is 38.3 Å². The van der Waals surface area contributed by atoms with Crippen LogP contribution in [-0.4, -0.2) is 31.1 Å². The fraction of sp³-hybridized carbons (Fsp3) is 0.409. The number of hydrogen-bond acceptors (Lipinski definition) is 6. The largest absolute Gasteiger partial charge is 0.462 e. The third-order valence-electron chi connectivity index (χ3n) is 4.99. The third kappa shape index (κ3) is 5.62. The Kier molecular flexibility index (Phi) is 7.67. The number of esters is 2. The number of nitrogens with one attached hydrogen (secondary N) is 1. The van der Waals surface area contributed by atoms with Crippen LogP contribution < -0.4 is 5.32 Å². The van der Waals surface area contributed by atoms with Crippen LogP contribution in [0.2, 0.25) is 5.02 Å². The maximum Gasteiger partial charge on any atom is 0.341 e. The van der Waals surface area contributed by atoms with Crippen LogP contribution in [0.3, 0.4) is 0 Å². The van der Waals surface area contributed by atoms with Crippen molar-refractivity contribution >= 4 is 45.8 Å². The first-order valence-corrected chi connectivity index (χ1v) is 11.2. The van der Waals surface area contributed by atoms with Crippen molar-refractivity contribution < 1.29 is 28.2 Å². The van der Waals surface area contributed by atoms with Crippen LogP contribution in [0.15, 0.2) is 18.2 Å². The van der Waals surface area contributed by atoms with Gasteiger partial charge in [-0.15, -0.1) is 11.3 Å². The first-order valence-electron chi connectivity index (χ1n) is 10.00. The highest BCUT2D eigenvalue weighted by molar-refractivity contribution is 7.17. The predicted molar refractivity (Wildman–Crippen MR) is 116 cm³/mol. The second kappa shape index (κ2) is 10.2. The van der Waals surface area contributed by atoms with Crippen molar-refractivity contribution in [2.45, 2.75) is 39.5 Å². The van der Waals surface area contributed by atoms with Crippen molar-refractivity contribution in [2.24, 2.45) is 5.92 Å². The molecule has 3 rings (SSSR count). The van der Waals surface area contributed by atoms with Crippen molar-refractivity contribution in [3.8, 4) is 0 Å². The molecule has 1 aromatic carbocycles. The summed E-state index contributed by atoms with van der Waals surface area (Å²) in [4.78, 5) is 38.0. The summed E-state index contributed by atoms with van der Waals surface area (Å²) in [5.41, 5.74) is 1.31. The maximum atomic E-state index is 13.8. The molecule has 0 bridgehead atoms. The van der Waals surface area contributed by atoms with Crippen molar-refractivity contribution in [2.75, 3.05) is 18.5 Å². The molecule has 0 spiro atoms. The van der Waals surface area contributed by atoms with Crippen molar-refractivity contribution in [1.82, 2.24) is 0 Å². The molecule has 0 fully saturated rings. The maximum absolute atomic E-state index is 13.8. The summed E-state index contributed by atoms with van der Waals surface area (Å²) in [6, 6.07) is 4.09. The molecule has 1 heterocycles. The average Bonchev–Trinajstić information content (AvgIpc) is 3.06. The predicted octanol–water partition coefficient (Wildman–Crippen LogP) is 4.57. The molecule has 0 aliphatic heterocycles. The minimum absolute atomic E-state index is 0.0132. The monoisotopic (exact) mass is 467 g/mol. The molecule has 2 aromatic rings. The zero-order chi connectivity index (χ0) is 22.5. The van der Waals surface area contributed by atoms with Gasteiger partial charge in [0.2, 0.25) is 0 Å². The van der Waals surface area contributed by atoms with Gasteiger partial charge < -0.3 is 14.8 Å². The number of amides is 1. The smallest absolute Gasteiger partial charge is 0.341 e. The lowest BCUT2D eigenvalue weighted by Crippen LogP contribution is -2.22. The van der Waals surface area contributed by atoms with Gasteiger partial charge in [-0.05, 0) is 49.8 Å². The van der Waals surface area contributed by atoms with E-state index in [0.717, 1.165) is 29.7 Å². The Hall–Kier alpha value is -2.45. The molecule has 1 N–H and O–H groups in total. The Balaban J connectivity index is 1.66. The van der Waals surface area contributed by atoms with Crippen molar-refractivity contribution in [3.63, 3.8) is 0 Å². The molecular formula is C22H23ClFNO5S. The van der Waals surface area contributed by atoms with Gasteiger partial charge in [0.25, 0.3) is 5.91 Å². The molecule has 1 amide bonds. The van der Waals surface area contributed by atoms with E-state index in [2.05, 4.69) is 12.2 Å². The zero-order valence-electron chi connectivity index (χ0n) is 17.3. The number of rotatable bonds is 7. The van der Waals surface area contributed by atoms with Crippen LogP contribution in [0.1, 0.15) is 46.6 Å². The molecule has 1 aliphatic carbocycles. The first-order chi connectivity index (χ1) is 14.8. The fourth-order valence-corrected chi connectivity index (χ4v) is 5.11. The quantitative estimate of drug-likeness (QED) is 0.603. The van der Waals surface area contributed by atoms with E-state index in [1.54, 1.807) is 6.92 Å². The molecule has 0 saturated carbocycles. The first kappa shape index (κ1) is 23.2. The van der Waals surface area contributed by atoms with E-state index in [9.17, 15) is 18.8 Å². The molecule has 0 unspecified atom stereocenters. The second-order valence-electron chi connectivity index (χ2n) is 7.36. The van der Waals surface area contributed by atoms with E-state index >= 15 is 0 Å². The van der Waals surface area contributed by atoms with Crippen LogP contribution in [0, 0.1) is 11.7 Å². The van der Waals surface area contributed by atoms with Crippen LogP contribution >= 0.6 is 22.9 Å². The lowest BCUT2D eigenvalue weighted by atomic mass is 9.88. The van der Waals surface area contributed by atoms with Crippen molar-refractivity contribution in [3.05, 3.63) is 50.6 Å². The SMILES string of the molecule is CCOC(=O)c1c(NC(=O)COC(=O)Cc2c(F)cccc2Cl)sc2c1CC[C@H](C)C2. The number of carbonyl (C=O) groups is 3. The van der Waals surface area contributed by atoms with Gasteiger partial charge in [0.15, 0.2) is 6.61 Å². The fourth-order valence-electron chi connectivity index (χ4n) is 3.46. The molecular weight excluding hydrogens is 445 g/mol. The summed E-state index contributed by atoms with van der Waals surface area (Å²) in [5, 5.41) is 3.17. The molecule has 0 saturated heterocycles. The summed E-state index contributed by atoms with van der Waals surface area (Å²) in [6.45, 7) is 3.53. The second-order valence-corrected chi connectivity index (χ2v) is 8.87. The molecule has 166 valence electrons. The summed E-state index contributed by atoms with van der Waals surface area (Å²) < 4.78 is 23.9. The topological polar surface area (TPSA) is 81.7 Å². The lowest BCUT2D eigenvalue weighted by molar-refractivity contribution is -0.146. The van der Waals surface area contributed by atoms with E-state index in [1.165, 1.54) is 29.5 Å². The highest BCUT2D eigenvalue weighted by Gasteiger charge is 2.29. The number of hydrogen-bond donors (Lipinski definition) is 1. The van der Waals surface area contributed by atoms with Gasteiger partial charge in [0.1, 0.15) is 10.8 Å². The van der Waals surface area contributed by atoms with Crippen LogP contribution in [0.4, 0.5) is 9.39 Å². The van der Waals surface area contributed by atoms with Gasteiger partial charge in [-0.25, -0.2) is 9.18 Å². The van der Waals surface area contributed by atoms with Gasteiger partial charge in [0, 0.05) is 15.5 Å². The Bertz CT molecular complexity index is 986. The van der Waals surface area contributed by atoms with Gasteiger partial charge in [0.05, 0.1) is 18.6 Å². The van der Waals surface area contributed by atoms with Gasteiger partial charge in [-0.1, -0.05) is 24.6 Å². The Labute approximate surface area is 188 Å². The Morgan fingerprint density at radius 2 is 2.06 bits per heavy atom. The minimum atomic E-state index is -0.785. The van der Waals surface area contributed by atoms with Gasteiger partial charge in [-0.3, -0.25) is 9.59 Å². The summed E-state index contributed by atoms with van der Waals surface area (Å²) in [6.07, 6.45) is 2.15. The number of thiophene rings is 1. The van der Waals surface area contributed by atoms with Gasteiger partial charge >= 0.3 is 11.9 Å². The lowest BCUT2D eigenvalue weighted by Gasteiger charge is -2.18. The van der Waals surface area contributed by atoms with E-state index in [-0.39, 0.29) is 17.2 Å². The number of anilines is 1. The molecule has 1 atom stereocenters. The molecule has 6 nitrogen and oxygen atoms in total. The number of benzene rings is 1. The number of ether oxygens (including phenoxy) is 2. The van der Waals surface area contributed by atoms with E-state index in [0.29, 0.717) is 16.5 Å². The number of halogens is 2. The highest BCUT2D eigenvalue weighted by atomic mass is 35.5. The van der Waals surface area contributed by atoms with Gasteiger partial charge in [-0.2, -0.15) is 0 Å². The normalized spacial score (nSPS) is 15.2. The van der Waals surface area contributed by atoms with Crippen molar-refractivity contribution in [1.29, 1.82) is 0 Å². The molecule has 0 radical (unpaired) electrons. The Morgan fingerprint density at radius 1 is 1.29 bits per heavy atom. The summed E-state index contributed by atoms with van der Waals surface area (Å²) in [5.74, 6) is -1.98. The molecule has 9 heteroatoms.